The summed E-state index contributed by atoms with van der Waals surface area (Å²) in [5, 5.41) is 3.89. The summed E-state index contributed by atoms with van der Waals surface area (Å²) in [6.45, 7) is 11.1. The van der Waals surface area contributed by atoms with Crippen LogP contribution >= 0.6 is 0 Å². The van der Waals surface area contributed by atoms with Gasteiger partial charge < -0.3 is 29.2 Å². The number of hydrogen-bond acceptors (Lipinski definition) is 7. The van der Waals surface area contributed by atoms with E-state index in [0.29, 0.717) is 13.2 Å². The first-order valence-electron chi connectivity index (χ1n) is 18.4. The lowest BCUT2D eigenvalue weighted by Crippen LogP contribution is -2.51. The molecule has 9 nitrogen and oxygen atoms in total. The number of alkyl carbamates (subject to hydrolysis) is 1. The summed E-state index contributed by atoms with van der Waals surface area (Å²) < 4.78 is 23.8. The third kappa shape index (κ3) is 9.41. The molecule has 0 saturated carbocycles. The average molecular weight is 716 g/mol. The average Bonchev–Trinajstić information content (AvgIpc) is 3.47. The molecule has 6 rings (SSSR count). The van der Waals surface area contributed by atoms with E-state index in [9.17, 15) is 9.59 Å². The van der Waals surface area contributed by atoms with Gasteiger partial charge in [0.05, 0.1) is 12.1 Å². The maximum absolute atomic E-state index is 14.8. The van der Waals surface area contributed by atoms with Crippen LogP contribution in [-0.4, -0.2) is 66.2 Å². The van der Waals surface area contributed by atoms with Gasteiger partial charge in [-0.25, -0.2) is 4.79 Å². The predicted molar refractivity (Wildman–Crippen MR) is 207 cm³/mol. The highest BCUT2D eigenvalue weighted by Gasteiger charge is 2.32. The number of nitrogens with zero attached hydrogens (tertiary/aromatic N) is 2. The zero-order valence-electron chi connectivity index (χ0n) is 31.2. The van der Waals surface area contributed by atoms with E-state index in [1.807, 2.05) is 113 Å². The number of benzene rings is 4. The fourth-order valence-electron chi connectivity index (χ4n) is 6.92. The van der Waals surface area contributed by atoms with Crippen molar-refractivity contribution < 1.29 is 28.5 Å². The molecule has 0 radical (unpaired) electrons. The second kappa shape index (κ2) is 17.1. The van der Waals surface area contributed by atoms with Crippen LogP contribution in [0, 0.1) is 0 Å². The van der Waals surface area contributed by atoms with Crippen molar-refractivity contribution in [3.8, 4) is 16.9 Å². The number of aromatic nitrogens is 1. The van der Waals surface area contributed by atoms with Gasteiger partial charge in [0.2, 0.25) is 5.91 Å². The third-order valence-electron chi connectivity index (χ3n) is 9.21. The maximum atomic E-state index is 14.8. The molecule has 1 aromatic heterocycles. The van der Waals surface area contributed by atoms with Crippen LogP contribution in [0.25, 0.3) is 22.0 Å². The van der Waals surface area contributed by atoms with Crippen molar-refractivity contribution in [1.29, 1.82) is 0 Å². The minimum atomic E-state index is -0.961. The molecule has 276 valence electrons. The van der Waals surface area contributed by atoms with Gasteiger partial charge in [-0.3, -0.25) is 9.78 Å². The van der Waals surface area contributed by atoms with E-state index in [0.717, 1.165) is 50.0 Å². The van der Waals surface area contributed by atoms with Crippen molar-refractivity contribution in [1.82, 2.24) is 15.2 Å². The van der Waals surface area contributed by atoms with Gasteiger partial charge in [-0.15, -0.1) is 0 Å². The van der Waals surface area contributed by atoms with E-state index in [4.69, 9.17) is 18.9 Å². The van der Waals surface area contributed by atoms with E-state index in [1.54, 1.807) is 11.1 Å². The number of rotatable bonds is 15. The third-order valence-corrected chi connectivity index (χ3v) is 9.21. The van der Waals surface area contributed by atoms with Crippen molar-refractivity contribution in [3.63, 3.8) is 0 Å². The standard InChI is InChI=1S/C44H49N3O6/c1-6-50-41(51-7-2)28-47(27-31-24-25-45-39-19-13-12-14-33(31)39)42(48)40(26-30-20-22-32(23-21-30)53-44(3,4)5)46-43(49)52-29-38-36-17-10-8-15-34(36)35-16-9-11-18-37(35)38/h8-25,38,40-41H,6-7,26-29H2,1-5H3,(H,46,49)/t40-/m0/s1. The van der Waals surface area contributed by atoms with E-state index >= 15 is 0 Å². The lowest BCUT2D eigenvalue weighted by molar-refractivity contribution is -0.160. The van der Waals surface area contributed by atoms with Gasteiger partial charge in [-0.1, -0.05) is 78.9 Å². The van der Waals surface area contributed by atoms with Crippen LogP contribution in [0.3, 0.4) is 0 Å². The number of nitrogens with one attached hydrogen (secondary N) is 1. The van der Waals surface area contributed by atoms with E-state index < -0.39 is 18.4 Å². The first-order chi connectivity index (χ1) is 25.6. The molecular weight excluding hydrogens is 666 g/mol. The second-order valence-electron chi connectivity index (χ2n) is 14.1. The Balaban J connectivity index is 1.28. The minimum Gasteiger partial charge on any atom is -0.488 e. The second-order valence-corrected chi connectivity index (χ2v) is 14.1. The Bertz CT molecular complexity index is 1950. The van der Waals surface area contributed by atoms with Crippen LogP contribution in [0.2, 0.25) is 0 Å². The Kier molecular flexibility index (Phi) is 12.1. The predicted octanol–water partition coefficient (Wildman–Crippen LogP) is 8.29. The van der Waals surface area contributed by atoms with Gasteiger partial charge in [0.25, 0.3) is 0 Å². The van der Waals surface area contributed by atoms with Crippen LogP contribution < -0.4 is 10.1 Å². The fourth-order valence-corrected chi connectivity index (χ4v) is 6.92. The molecule has 1 atom stereocenters. The summed E-state index contributed by atoms with van der Waals surface area (Å²) in [6, 6.07) is 32.8. The number of carbonyl (C=O) groups is 2. The summed E-state index contributed by atoms with van der Waals surface area (Å²) in [6.07, 6.45) is 0.640. The Morgan fingerprint density at radius 2 is 1.43 bits per heavy atom. The quantitative estimate of drug-likeness (QED) is 0.109. The Hall–Kier alpha value is -5.25. The first kappa shape index (κ1) is 37.5. The summed E-state index contributed by atoms with van der Waals surface area (Å²) >= 11 is 0. The molecule has 0 aliphatic heterocycles. The van der Waals surface area contributed by atoms with Crippen molar-refractivity contribution in [2.45, 2.75) is 71.4 Å². The monoisotopic (exact) mass is 715 g/mol. The first-order valence-corrected chi connectivity index (χ1v) is 18.4. The normalized spacial score (nSPS) is 13.0. The van der Waals surface area contributed by atoms with Gasteiger partial charge in [-0.2, -0.15) is 0 Å². The molecule has 1 aliphatic carbocycles. The number of para-hydroxylation sites is 1. The van der Waals surface area contributed by atoms with E-state index in [1.165, 1.54) is 0 Å². The molecule has 0 saturated heterocycles. The van der Waals surface area contributed by atoms with Gasteiger partial charge in [0, 0.05) is 43.7 Å². The van der Waals surface area contributed by atoms with Crippen LogP contribution in [0.5, 0.6) is 5.75 Å². The molecule has 0 fully saturated rings. The molecule has 2 amide bonds. The van der Waals surface area contributed by atoms with Crippen LogP contribution in [0.4, 0.5) is 4.79 Å². The Labute approximate surface area is 312 Å². The molecule has 0 spiro atoms. The lowest BCUT2D eigenvalue weighted by Gasteiger charge is -2.31. The zero-order valence-corrected chi connectivity index (χ0v) is 31.2. The molecule has 0 bridgehead atoms. The van der Waals surface area contributed by atoms with Crippen molar-refractivity contribution in [2.24, 2.45) is 0 Å². The van der Waals surface area contributed by atoms with Crippen molar-refractivity contribution in [2.75, 3.05) is 26.4 Å². The number of fused-ring (bicyclic) bond motifs is 4. The Morgan fingerprint density at radius 3 is 2.08 bits per heavy atom. The smallest absolute Gasteiger partial charge is 0.407 e. The van der Waals surface area contributed by atoms with Crippen LogP contribution in [0.1, 0.15) is 62.8 Å². The van der Waals surface area contributed by atoms with Gasteiger partial charge >= 0.3 is 6.09 Å². The van der Waals surface area contributed by atoms with Crippen molar-refractivity contribution in [3.05, 3.63) is 132 Å². The van der Waals surface area contributed by atoms with Crippen LogP contribution in [-0.2, 0) is 32.0 Å². The summed E-state index contributed by atoms with van der Waals surface area (Å²) in [7, 11) is 0. The van der Waals surface area contributed by atoms with Crippen molar-refractivity contribution >= 4 is 22.9 Å². The Morgan fingerprint density at radius 1 is 0.811 bits per heavy atom. The van der Waals surface area contributed by atoms with Crippen LogP contribution in [0.15, 0.2) is 109 Å². The van der Waals surface area contributed by atoms with Gasteiger partial charge in [0.1, 0.15) is 24.0 Å². The summed E-state index contributed by atoms with van der Waals surface area (Å²) in [5.41, 5.74) is 6.74. The highest BCUT2D eigenvalue weighted by atomic mass is 16.7. The molecule has 4 aromatic carbocycles. The van der Waals surface area contributed by atoms with E-state index in [2.05, 4.69) is 34.6 Å². The summed E-state index contributed by atoms with van der Waals surface area (Å²) in [4.78, 5) is 34.8. The number of ether oxygens (including phenoxy) is 4. The van der Waals surface area contributed by atoms with Gasteiger partial charge in [-0.05, 0) is 92.3 Å². The molecule has 9 heteroatoms. The number of hydrogen-bond donors (Lipinski definition) is 1. The largest absolute Gasteiger partial charge is 0.488 e. The molecule has 1 N–H and O–H groups in total. The highest BCUT2D eigenvalue weighted by Crippen LogP contribution is 2.44. The van der Waals surface area contributed by atoms with Gasteiger partial charge in [0.15, 0.2) is 6.29 Å². The number of pyridine rings is 1. The highest BCUT2D eigenvalue weighted by molar-refractivity contribution is 5.87. The molecule has 1 aliphatic rings. The molecule has 0 unspecified atom stereocenters. The summed E-state index contributed by atoms with van der Waals surface area (Å²) in [5.74, 6) is 0.308. The van der Waals surface area contributed by atoms with E-state index in [-0.39, 0.29) is 43.5 Å². The lowest BCUT2D eigenvalue weighted by atomic mass is 9.98. The molecular formula is C44H49N3O6. The SMILES string of the molecule is CCOC(CN(Cc1ccnc2ccccc12)C(=O)[C@H](Cc1ccc(OC(C)(C)C)cc1)NC(=O)OCC1c2ccccc2-c2ccccc21)OCC. The number of carbonyl (C=O) groups excluding carboxylic acids is 2. The minimum absolute atomic E-state index is 0.118. The molecule has 53 heavy (non-hydrogen) atoms. The fraction of sp³-hybridized carbons (Fsp3) is 0.341. The topological polar surface area (TPSA) is 99.2 Å². The molecule has 5 aromatic rings. The number of amides is 2. The maximum Gasteiger partial charge on any atom is 0.407 e. The zero-order chi connectivity index (χ0) is 37.4. The molecule has 1 heterocycles.